The molecule has 6 nitrogen and oxygen atoms in total. The molecule has 3 rings (SSSR count). The van der Waals surface area contributed by atoms with Gasteiger partial charge in [-0.3, -0.25) is 14.0 Å². The summed E-state index contributed by atoms with van der Waals surface area (Å²) in [4.78, 5) is 29.3. The van der Waals surface area contributed by atoms with E-state index in [0.717, 1.165) is 10.7 Å². The molecule has 0 radical (unpaired) electrons. The Kier molecular flexibility index (Phi) is 3.66. The minimum absolute atomic E-state index is 0.0959. The van der Waals surface area contributed by atoms with E-state index in [2.05, 4.69) is 15.6 Å². The molecule has 1 unspecified atom stereocenters. The van der Waals surface area contributed by atoms with Gasteiger partial charge in [0, 0.05) is 23.5 Å². The van der Waals surface area contributed by atoms with E-state index >= 15 is 0 Å². The summed E-state index contributed by atoms with van der Waals surface area (Å²) in [6, 6.07) is -0.473. The predicted octanol–water partition coefficient (Wildman–Crippen LogP) is 1.02. The molecular weight excluding hydrogens is 308 g/mol. The number of nitrogens with one attached hydrogen (secondary N) is 2. The maximum atomic E-state index is 12.1. The lowest BCUT2D eigenvalue weighted by Crippen LogP contribution is -2.57. The number of amides is 2. The third-order valence-corrected chi connectivity index (χ3v) is 5.54. The first-order valence-electron chi connectivity index (χ1n) is 6.59. The van der Waals surface area contributed by atoms with E-state index in [1.54, 1.807) is 11.3 Å². The van der Waals surface area contributed by atoms with Crippen LogP contribution in [0.5, 0.6) is 0 Å². The smallest absolute Gasteiger partial charge is 0.243 e. The Balaban J connectivity index is 1.57. The van der Waals surface area contributed by atoms with E-state index in [0.29, 0.717) is 12.3 Å². The first-order valence-corrected chi connectivity index (χ1v) is 8.46. The Morgan fingerprint density at radius 3 is 3.14 bits per heavy atom. The number of thioether (sulfide) groups is 1. The molecule has 8 heteroatoms. The fourth-order valence-electron chi connectivity index (χ4n) is 2.03. The number of imidazole rings is 1. The van der Waals surface area contributed by atoms with Crippen LogP contribution in [0.25, 0.3) is 4.96 Å². The molecule has 0 aromatic carbocycles. The average Bonchev–Trinajstić information content (AvgIpc) is 3.00. The van der Waals surface area contributed by atoms with Gasteiger partial charge >= 0.3 is 0 Å². The minimum Gasteiger partial charge on any atom is -0.349 e. The first kappa shape index (κ1) is 14.4. The second-order valence-corrected chi connectivity index (χ2v) is 7.91. The van der Waals surface area contributed by atoms with Crippen molar-refractivity contribution in [3.63, 3.8) is 0 Å². The lowest BCUT2D eigenvalue weighted by Gasteiger charge is -2.32. The molecule has 1 aliphatic heterocycles. The van der Waals surface area contributed by atoms with Crippen molar-refractivity contribution in [3.05, 3.63) is 23.5 Å². The van der Waals surface area contributed by atoms with Crippen LogP contribution in [-0.4, -0.2) is 37.7 Å². The highest BCUT2D eigenvalue weighted by Gasteiger charge is 2.37. The molecule has 2 aromatic heterocycles. The minimum atomic E-state index is -0.473. The third kappa shape index (κ3) is 2.91. The van der Waals surface area contributed by atoms with Crippen molar-refractivity contribution in [1.29, 1.82) is 0 Å². The van der Waals surface area contributed by atoms with Gasteiger partial charge in [-0.1, -0.05) is 0 Å². The standard InChI is InChI=1S/C13H16N4O2S2/c1-13(2)11(19)16-9(7-21-13)10(18)14-5-8-6-17-3-4-20-12(17)15-8/h3-4,6,9H,5,7H2,1-2H3,(H,14,18)(H,16,19). The molecule has 0 spiro atoms. The van der Waals surface area contributed by atoms with E-state index in [1.165, 1.54) is 11.8 Å². The Morgan fingerprint density at radius 1 is 1.62 bits per heavy atom. The van der Waals surface area contributed by atoms with Crippen LogP contribution in [0.15, 0.2) is 17.8 Å². The van der Waals surface area contributed by atoms with Crippen molar-refractivity contribution < 1.29 is 9.59 Å². The Labute approximate surface area is 130 Å². The number of hydrogen-bond acceptors (Lipinski definition) is 5. The van der Waals surface area contributed by atoms with E-state index in [1.807, 2.05) is 36.0 Å². The molecule has 2 N–H and O–H groups in total. The highest BCUT2D eigenvalue weighted by molar-refractivity contribution is 8.01. The van der Waals surface area contributed by atoms with Gasteiger partial charge < -0.3 is 10.6 Å². The van der Waals surface area contributed by atoms with Gasteiger partial charge in [-0.25, -0.2) is 4.98 Å². The predicted molar refractivity (Wildman–Crippen MR) is 83.4 cm³/mol. The fraction of sp³-hybridized carbons (Fsp3) is 0.462. The summed E-state index contributed by atoms with van der Waals surface area (Å²) in [6.07, 6.45) is 3.82. The van der Waals surface area contributed by atoms with Crippen LogP contribution >= 0.6 is 23.1 Å². The molecule has 112 valence electrons. The van der Waals surface area contributed by atoms with E-state index in [9.17, 15) is 9.59 Å². The maximum Gasteiger partial charge on any atom is 0.243 e. The quantitative estimate of drug-likeness (QED) is 0.884. The summed E-state index contributed by atoms with van der Waals surface area (Å²) >= 11 is 3.05. The van der Waals surface area contributed by atoms with Gasteiger partial charge in [-0.2, -0.15) is 0 Å². The highest BCUT2D eigenvalue weighted by atomic mass is 32.2. The second-order valence-electron chi connectivity index (χ2n) is 5.39. The zero-order chi connectivity index (χ0) is 15.0. The number of hydrogen-bond donors (Lipinski definition) is 2. The van der Waals surface area contributed by atoms with Gasteiger partial charge in [0.25, 0.3) is 0 Å². The van der Waals surface area contributed by atoms with Crippen molar-refractivity contribution >= 4 is 39.9 Å². The summed E-state index contributed by atoms with van der Waals surface area (Å²) in [6.45, 7) is 4.09. The highest BCUT2D eigenvalue weighted by Crippen LogP contribution is 2.28. The summed E-state index contributed by atoms with van der Waals surface area (Å²) in [7, 11) is 0. The SMILES string of the molecule is CC1(C)SCC(C(=O)NCc2cn3ccsc3n2)NC1=O. The van der Waals surface area contributed by atoms with Crippen molar-refractivity contribution in [3.8, 4) is 0 Å². The van der Waals surface area contributed by atoms with Crippen LogP contribution < -0.4 is 10.6 Å². The lowest BCUT2D eigenvalue weighted by molar-refractivity contribution is -0.129. The number of rotatable bonds is 3. The fourth-order valence-corrected chi connectivity index (χ4v) is 3.76. The van der Waals surface area contributed by atoms with Gasteiger partial charge in [0.2, 0.25) is 11.8 Å². The Morgan fingerprint density at radius 2 is 2.43 bits per heavy atom. The van der Waals surface area contributed by atoms with Crippen LogP contribution in [0.3, 0.4) is 0 Å². The normalized spacial score (nSPS) is 21.2. The van der Waals surface area contributed by atoms with Gasteiger partial charge in [0.1, 0.15) is 6.04 Å². The molecule has 2 aromatic rings. The third-order valence-electron chi connectivity index (χ3n) is 3.37. The van der Waals surface area contributed by atoms with E-state index in [-0.39, 0.29) is 11.8 Å². The topological polar surface area (TPSA) is 75.5 Å². The molecule has 0 saturated carbocycles. The molecule has 2 amide bonds. The van der Waals surface area contributed by atoms with Crippen LogP contribution in [0.1, 0.15) is 19.5 Å². The van der Waals surface area contributed by atoms with Crippen molar-refractivity contribution in [2.75, 3.05) is 5.75 Å². The number of carbonyl (C=O) groups is 2. The lowest BCUT2D eigenvalue weighted by atomic mass is 10.1. The Hall–Kier alpha value is -1.54. The van der Waals surface area contributed by atoms with Crippen molar-refractivity contribution in [2.45, 2.75) is 31.2 Å². The van der Waals surface area contributed by atoms with Crippen molar-refractivity contribution in [1.82, 2.24) is 20.0 Å². The number of carbonyl (C=O) groups excluding carboxylic acids is 2. The zero-order valence-electron chi connectivity index (χ0n) is 11.8. The zero-order valence-corrected chi connectivity index (χ0v) is 13.4. The number of aromatic nitrogens is 2. The monoisotopic (exact) mass is 324 g/mol. The van der Waals surface area contributed by atoms with Crippen LogP contribution in [0.4, 0.5) is 0 Å². The molecule has 1 fully saturated rings. The first-order chi connectivity index (χ1) is 9.95. The summed E-state index contributed by atoms with van der Waals surface area (Å²) in [5, 5.41) is 7.56. The number of thiazole rings is 1. The van der Waals surface area contributed by atoms with Gasteiger partial charge in [0.15, 0.2) is 4.96 Å². The van der Waals surface area contributed by atoms with E-state index < -0.39 is 10.8 Å². The van der Waals surface area contributed by atoms with Gasteiger partial charge in [-0.05, 0) is 13.8 Å². The molecule has 1 atom stereocenters. The Bertz CT molecular complexity index is 663. The summed E-state index contributed by atoms with van der Waals surface area (Å²) in [5.74, 6) is 0.326. The van der Waals surface area contributed by atoms with Crippen LogP contribution in [0.2, 0.25) is 0 Å². The van der Waals surface area contributed by atoms with E-state index in [4.69, 9.17) is 0 Å². The van der Waals surface area contributed by atoms with Crippen molar-refractivity contribution in [2.24, 2.45) is 0 Å². The average molecular weight is 324 g/mol. The second kappa shape index (κ2) is 5.34. The molecule has 0 bridgehead atoms. The molecule has 3 heterocycles. The molecule has 1 saturated heterocycles. The van der Waals surface area contributed by atoms with Crippen LogP contribution in [0, 0.1) is 0 Å². The summed E-state index contributed by atoms with van der Waals surface area (Å²) < 4.78 is 1.46. The molecule has 21 heavy (non-hydrogen) atoms. The largest absolute Gasteiger partial charge is 0.349 e. The van der Waals surface area contributed by atoms with Crippen LogP contribution in [-0.2, 0) is 16.1 Å². The molecular formula is C13H16N4O2S2. The number of fused-ring (bicyclic) bond motifs is 1. The maximum absolute atomic E-state index is 12.1. The van der Waals surface area contributed by atoms with Gasteiger partial charge in [0.05, 0.1) is 17.0 Å². The molecule has 1 aliphatic rings. The number of nitrogens with zero attached hydrogens (tertiary/aromatic N) is 2. The molecule has 0 aliphatic carbocycles. The summed E-state index contributed by atoms with van der Waals surface area (Å²) in [5.41, 5.74) is 0.810. The van der Waals surface area contributed by atoms with Gasteiger partial charge in [-0.15, -0.1) is 23.1 Å².